The summed E-state index contributed by atoms with van der Waals surface area (Å²) < 4.78 is 7.60. The van der Waals surface area contributed by atoms with Crippen LogP contribution in [-0.2, 0) is 38.0 Å². The lowest BCUT2D eigenvalue weighted by Crippen LogP contribution is -2.34. The summed E-state index contributed by atoms with van der Waals surface area (Å²) in [5, 5.41) is 30.2. The van der Waals surface area contributed by atoms with Crippen molar-refractivity contribution >= 4 is 72.6 Å². The Morgan fingerprint density at radius 3 is 1.73 bits per heavy atom. The molecule has 0 aliphatic carbocycles. The standard InChI is InChI=1S/C60H49N3O4/c1-59(37-41-17-5-3-6-18-41)52(62(34-33-54(65)66)57-50-27-15-11-23-46(50)44-21-9-13-25-48(44)55(57)59)31-29-43(39-61)30-32-53-60(2,38-42-19-7-4-8-20-42)56-49-26-14-10-22-45(49)47-24-12-16-28-51(47)58(56)63(53)35-36-67-40-64/h3-32,40H,33-38H2,1-2H3/p+1. The van der Waals surface area contributed by atoms with E-state index in [0.717, 1.165) is 71.6 Å². The smallest absolute Gasteiger partial charge is 0.309 e. The van der Waals surface area contributed by atoms with Gasteiger partial charge in [-0.15, -0.1) is 0 Å². The highest BCUT2D eigenvalue weighted by Crippen LogP contribution is 2.56. The van der Waals surface area contributed by atoms with Gasteiger partial charge < -0.3 is 14.7 Å². The number of allylic oxidation sites excluding steroid dienone is 6. The number of fused-ring (bicyclic) bond motifs is 12. The first-order chi connectivity index (χ1) is 32.7. The van der Waals surface area contributed by atoms with Crippen molar-refractivity contribution in [3.8, 4) is 6.07 Å². The summed E-state index contributed by atoms with van der Waals surface area (Å²) in [5.74, 6) is -0.879. The van der Waals surface area contributed by atoms with Crippen molar-refractivity contribution in [3.63, 3.8) is 0 Å². The molecule has 0 aromatic heterocycles. The molecule has 8 aromatic carbocycles. The number of anilines is 1. The summed E-state index contributed by atoms with van der Waals surface area (Å²) in [6, 6.07) is 57.4. The monoisotopic (exact) mass is 876 g/mol. The topological polar surface area (TPSA) is 93.6 Å². The normalized spacial score (nSPS) is 18.6. The first-order valence-corrected chi connectivity index (χ1v) is 22.9. The van der Waals surface area contributed by atoms with Gasteiger partial charge in [-0.25, -0.2) is 0 Å². The molecule has 0 bridgehead atoms. The average molecular weight is 877 g/mol. The maximum Gasteiger partial charge on any atom is 0.309 e. The fourth-order valence-electron chi connectivity index (χ4n) is 11.3. The molecule has 1 N–H and O–H groups in total. The molecule has 8 aromatic rings. The number of nitrogens with zero attached hydrogens (tertiary/aromatic N) is 3. The third kappa shape index (κ3) is 7.45. The van der Waals surface area contributed by atoms with Crippen LogP contribution in [0.2, 0.25) is 0 Å². The fraction of sp³-hybridized carbons (Fsp3) is 0.167. The van der Waals surface area contributed by atoms with Crippen LogP contribution < -0.4 is 4.90 Å². The zero-order valence-corrected chi connectivity index (χ0v) is 37.7. The number of hydrogen-bond donors (Lipinski definition) is 1. The van der Waals surface area contributed by atoms with Crippen LogP contribution in [0, 0.1) is 11.3 Å². The van der Waals surface area contributed by atoms with E-state index in [1.54, 1.807) is 0 Å². The van der Waals surface area contributed by atoms with Gasteiger partial charge in [0.05, 0.1) is 34.7 Å². The molecule has 0 spiro atoms. The van der Waals surface area contributed by atoms with Crippen molar-refractivity contribution in [2.45, 2.75) is 43.9 Å². The molecule has 0 saturated carbocycles. The number of carbonyl (C=O) groups is 2. The molecule has 67 heavy (non-hydrogen) atoms. The number of carboxylic acid groups (broad SMARTS) is 1. The zero-order chi connectivity index (χ0) is 46.1. The molecule has 0 saturated heterocycles. The number of hydrogen-bond acceptors (Lipinski definition) is 5. The molecule has 0 radical (unpaired) electrons. The minimum absolute atomic E-state index is 0.0695. The van der Waals surface area contributed by atoms with E-state index in [9.17, 15) is 20.0 Å². The van der Waals surface area contributed by atoms with E-state index in [1.807, 2.05) is 36.4 Å². The number of nitriles is 1. The Hall–Kier alpha value is -8.08. The van der Waals surface area contributed by atoms with Crippen LogP contribution in [-0.4, -0.2) is 47.5 Å². The van der Waals surface area contributed by atoms with Gasteiger partial charge in [0.2, 0.25) is 5.69 Å². The SMILES string of the molecule is CC1(Cc2ccccc2)C(=CC=C(C#N)C=CC2=[N+](CCC(=O)O)c3c(c4ccccc4c4ccccc34)C2(C)Cc2ccccc2)N(CCOC=O)c2c1c1ccccc1c1ccccc21. The zero-order valence-electron chi connectivity index (χ0n) is 37.7. The van der Waals surface area contributed by atoms with E-state index < -0.39 is 16.8 Å². The van der Waals surface area contributed by atoms with Crippen molar-refractivity contribution in [3.05, 3.63) is 216 Å². The summed E-state index contributed by atoms with van der Waals surface area (Å²) >= 11 is 0. The average Bonchev–Trinajstić information content (AvgIpc) is 3.75. The number of benzene rings is 8. The molecule has 2 heterocycles. The van der Waals surface area contributed by atoms with Gasteiger partial charge >= 0.3 is 5.97 Å². The molecule has 7 heteroatoms. The Bertz CT molecular complexity index is 3440. The van der Waals surface area contributed by atoms with E-state index in [2.05, 4.69) is 175 Å². The van der Waals surface area contributed by atoms with Crippen LogP contribution >= 0.6 is 0 Å². The number of carbonyl (C=O) groups excluding carboxylic acids is 1. The van der Waals surface area contributed by atoms with Gasteiger partial charge in [0, 0.05) is 28.1 Å². The highest BCUT2D eigenvalue weighted by molar-refractivity contribution is 6.20. The minimum atomic E-state index is -0.879. The predicted octanol–water partition coefficient (Wildman–Crippen LogP) is 12.5. The summed E-state index contributed by atoms with van der Waals surface area (Å²) in [5.41, 5.74) is 7.89. The third-order valence-corrected chi connectivity index (χ3v) is 14.0. The second-order valence-corrected chi connectivity index (χ2v) is 18.0. The van der Waals surface area contributed by atoms with Crippen LogP contribution in [0.25, 0.3) is 43.1 Å². The summed E-state index contributed by atoms with van der Waals surface area (Å²) in [4.78, 5) is 26.3. The molecule has 2 unspecified atom stereocenters. The van der Waals surface area contributed by atoms with Crippen LogP contribution in [0.3, 0.4) is 0 Å². The maximum atomic E-state index is 12.4. The summed E-state index contributed by atoms with van der Waals surface area (Å²) in [6.45, 7) is 5.88. The van der Waals surface area contributed by atoms with E-state index in [-0.39, 0.29) is 19.6 Å². The number of aliphatic carboxylic acids is 1. The molecular formula is C60H50N3O4+. The summed E-state index contributed by atoms with van der Waals surface area (Å²) in [6.07, 6.45) is 9.18. The fourth-order valence-corrected chi connectivity index (χ4v) is 11.3. The lowest BCUT2D eigenvalue weighted by Gasteiger charge is -2.31. The Balaban J connectivity index is 1.18. The largest absolute Gasteiger partial charge is 0.481 e. The Morgan fingerprint density at radius 2 is 1.16 bits per heavy atom. The van der Waals surface area contributed by atoms with Crippen LogP contribution in [0.1, 0.15) is 42.5 Å². The van der Waals surface area contributed by atoms with Gasteiger partial charge in [0.1, 0.15) is 13.0 Å². The number of ether oxygens (including phenoxy) is 1. The second kappa shape index (κ2) is 17.7. The third-order valence-electron chi connectivity index (χ3n) is 14.0. The number of carboxylic acids is 1. The lowest BCUT2D eigenvalue weighted by atomic mass is 9.72. The van der Waals surface area contributed by atoms with E-state index >= 15 is 0 Å². The van der Waals surface area contributed by atoms with Gasteiger partial charge in [0.15, 0.2) is 12.3 Å². The number of rotatable bonds is 14. The molecule has 328 valence electrons. The van der Waals surface area contributed by atoms with Crippen LogP contribution in [0.5, 0.6) is 0 Å². The Morgan fingerprint density at radius 1 is 0.672 bits per heavy atom. The van der Waals surface area contributed by atoms with Crippen molar-refractivity contribution in [2.24, 2.45) is 0 Å². The van der Waals surface area contributed by atoms with Crippen molar-refractivity contribution in [1.29, 1.82) is 5.26 Å². The molecule has 7 nitrogen and oxygen atoms in total. The van der Waals surface area contributed by atoms with Crippen molar-refractivity contribution < 1.29 is 24.0 Å². The predicted molar refractivity (Wildman–Crippen MR) is 270 cm³/mol. The molecule has 0 fully saturated rings. The van der Waals surface area contributed by atoms with Crippen molar-refractivity contribution in [2.75, 3.05) is 24.6 Å². The van der Waals surface area contributed by atoms with E-state index in [4.69, 9.17) is 4.74 Å². The minimum Gasteiger partial charge on any atom is -0.481 e. The van der Waals surface area contributed by atoms with Crippen LogP contribution in [0.4, 0.5) is 11.4 Å². The highest BCUT2D eigenvalue weighted by Gasteiger charge is 2.50. The maximum absolute atomic E-state index is 12.4. The van der Waals surface area contributed by atoms with Gasteiger partial charge in [-0.1, -0.05) is 152 Å². The Kier molecular flexibility index (Phi) is 11.3. The van der Waals surface area contributed by atoms with Gasteiger partial charge in [-0.05, 0) is 100.0 Å². The summed E-state index contributed by atoms with van der Waals surface area (Å²) in [7, 11) is 0. The highest BCUT2D eigenvalue weighted by atomic mass is 16.5. The lowest BCUT2D eigenvalue weighted by molar-refractivity contribution is -0.435. The van der Waals surface area contributed by atoms with Gasteiger partial charge in [0.25, 0.3) is 6.47 Å². The quantitative estimate of drug-likeness (QED) is 0.0292. The Labute approximate surface area is 390 Å². The molecule has 2 aliphatic heterocycles. The van der Waals surface area contributed by atoms with Gasteiger partial charge in [-0.3, -0.25) is 9.59 Å². The molecule has 10 rings (SSSR count). The van der Waals surface area contributed by atoms with Gasteiger partial charge in [-0.2, -0.15) is 9.84 Å². The second-order valence-electron chi connectivity index (χ2n) is 18.0. The van der Waals surface area contributed by atoms with E-state index in [0.29, 0.717) is 31.4 Å². The first-order valence-electron chi connectivity index (χ1n) is 22.9. The molecular weight excluding hydrogens is 827 g/mol. The molecule has 2 atom stereocenters. The molecule has 2 aliphatic rings. The van der Waals surface area contributed by atoms with Crippen LogP contribution in [0.15, 0.2) is 193 Å². The van der Waals surface area contributed by atoms with E-state index in [1.165, 1.54) is 16.5 Å². The molecule has 0 amide bonds. The first kappa shape index (κ1) is 42.8. The van der Waals surface area contributed by atoms with Crippen molar-refractivity contribution in [1.82, 2.24) is 0 Å².